The van der Waals surface area contributed by atoms with Crippen LogP contribution in [0.25, 0.3) is 16.3 Å². The first-order valence-corrected chi connectivity index (χ1v) is 9.83. The van der Waals surface area contributed by atoms with Crippen molar-refractivity contribution in [2.24, 2.45) is 0 Å². The van der Waals surface area contributed by atoms with Gasteiger partial charge in [-0.25, -0.2) is 4.98 Å². The van der Waals surface area contributed by atoms with Crippen molar-refractivity contribution in [2.45, 2.75) is 18.9 Å². The van der Waals surface area contributed by atoms with Gasteiger partial charge in [-0.2, -0.15) is 0 Å². The second-order valence-electron chi connectivity index (χ2n) is 6.66. The van der Waals surface area contributed by atoms with E-state index in [1.165, 1.54) is 4.70 Å². The fourth-order valence-electron chi connectivity index (χ4n) is 3.60. The highest BCUT2D eigenvalue weighted by atomic mass is 32.1. The zero-order chi connectivity index (χ0) is 18.2. The molecule has 0 aliphatic carbocycles. The molecule has 0 radical (unpaired) electrons. The number of amides is 1. The number of hydrogen-bond acceptors (Lipinski definition) is 5. The number of nitrogens with zero attached hydrogens (tertiary/aromatic N) is 2. The summed E-state index contributed by atoms with van der Waals surface area (Å²) >= 11 is 1.68. The molecule has 1 amide bonds. The number of carbonyl (C=O) groups excluding carboxylic acids is 1. The van der Waals surface area contributed by atoms with Crippen molar-refractivity contribution in [1.82, 2.24) is 9.88 Å². The lowest BCUT2D eigenvalue weighted by atomic mass is 10.2. The molecule has 2 aliphatic rings. The Morgan fingerprint density at radius 3 is 3.00 bits per heavy atom. The van der Waals surface area contributed by atoms with Gasteiger partial charge in [0.2, 0.25) is 12.7 Å². The molecule has 1 aromatic heterocycles. The molecule has 1 atom stereocenters. The van der Waals surface area contributed by atoms with Crippen molar-refractivity contribution < 1.29 is 14.3 Å². The van der Waals surface area contributed by atoms with E-state index < -0.39 is 0 Å². The first kappa shape index (κ1) is 16.3. The Hall–Kier alpha value is -2.86. The minimum atomic E-state index is 0.0226. The number of hydrogen-bond donors (Lipinski definition) is 0. The molecule has 5 rings (SSSR count). The molecule has 3 aromatic rings. The van der Waals surface area contributed by atoms with Gasteiger partial charge in [-0.3, -0.25) is 4.79 Å². The second-order valence-corrected chi connectivity index (χ2v) is 7.72. The van der Waals surface area contributed by atoms with Gasteiger partial charge in [0.05, 0.1) is 16.3 Å². The molecule has 5 nitrogen and oxygen atoms in total. The van der Waals surface area contributed by atoms with Crippen LogP contribution in [0.1, 0.15) is 29.5 Å². The summed E-state index contributed by atoms with van der Waals surface area (Å²) in [5.41, 5.74) is 1.93. The Morgan fingerprint density at radius 1 is 1.19 bits per heavy atom. The summed E-state index contributed by atoms with van der Waals surface area (Å²) in [5, 5.41) is 1.03. The quantitative estimate of drug-likeness (QED) is 0.634. The number of carbonyl (C=O) groups is 1. The molecule has 0 saturated carbocycles. The first-order chi connectivity index (χ1) is 13.3. The van der Waals surface area contributed by atoms with E-state index in [9.17, 15) is 4.79 Å². The van der Waals surface area contributed by atoms with Gasteiger partial charge in [-0.1, -0.05) is 18.2 Å². The molecular weight excluding hydrogens is 360 g/mol. The highest BCUT2D eigenvalue weighted by Gasteiger charge is 2.31. The van der Waals surface area contributed by atoms with Crippen LogP contribution in [0.5, 0.6) is 11.5 Å². The van der Waals surface area contributed by atoms with Crippen LogP contribution < -0.4 is 9.47 Å². The maximum atomic E-state index is 12.8. The molecule has 1 fully saturated rings. The predicted molar refractivity (Wildman–Crippen MR) is 105 cm³/mol. The lowest BCUT2D eigenvalue weighted by Crippen LogP contribution is -2.28. The van der Waals surface area contributed by atoms with Gasteiger partial charge >= 0.3 is 0 Å². The highest BCUT2D eigenvalue weighted by molar-refractivity contribution is 7.18. The minimum absolute atomic E-state index is 0.0226. The number of para-hydroxylation sites is 1. The summed E-state index contributed by atoms with van der Waals surface area (Å²) in [4.78, 5) is 19.5. The van der Waals surface area contributed by atoms with Crippen LogP contribution in [0.4, 0.5) is 0 Å². The van der Waals surface area contributed by atoms with E-state index in [1.807, 2.05) is 47.4 Å². The van der Waals surface area contributed by atoms with Crippen LogP contribution in [0.3, 0.4) is 0 Å². The number of fused-ring (bicyclic) bond motifs is 2. The van der Waals surface area contributed by atoms with Crippen molar-refractivity contribution in [2.75, 3.05) is 13.3 Å². The molecule has 3 heterocycles. The van der Waals surface area contributed by atoms with E-state index in [0.717, 1.165) is 47.0 Å². The summed E-state index contributed by atoms with van der Waals surface area (Å²) in [6.07, 6.45) is 5.44. The number of ether oxygens (including phenoxy) is 2. The second kappa shape index (κ2) is 6.70. The van der Waals surface area contributed by atoms with Crippen LogP contribution in [-0.2, 0) is 4.79 Å². The van der Waals surface area contributed by atoms with Crippen LogP contribution in [0, 0.1) is 0 Å². The monoisotopic (exact) mass is 378 g/mol. The van der Waals surface area contributed by atoms with E-state index in [-0.39, 0.29) is 18.7 Å². The van der Waals surface area contributed by atoms with E-state index in [1.54, 1.807) is 17.4 Å². The van der Waals surface area contributed by atoms with E-state index in [2.05, 4.69) is 6.07 Å². The van der Waals surface area contributed by atoms with Crippen molar-refractivity contribution >= 4 is 33.5 Å². The van der Waals surface area contributed by atoms with Crippen LogP contribution in [0.2, 0.25) is 0 Å². The van der Waals surface area contributed by atoms with Crippen molar-refractivity contribution in [3.05, 3.63) is 59.1 Å². The standard InChI is InChI=1S/C21H18N2O3S/c24-20(10-8-14-7-9-17-18(12-14)26-13-25-17)23-11-3-5-16(23)21-22-15-4-1-2-6-19(15)27-21/h1-2,4,6-10,12,16H,3,5,11,13H2/b10-8+/t16-/m0/s1. The maximum Gasteiger partial charge on any atom is 0.247 e. The lowest BCUT2D eigenvalue weighted by Gasteiger charge is -2.21. The SMILES string of the molecule is O=C(/C=C/c1ccc2c(c1)OCO2)N1CCC[C@H]1c1nc2ccccc2s1. The molecular formula is C21H18N2O3S. The summed E-state index contributed by atoms with van der Waals surface area (Å²) in [6, 6.07) is 13.9. The largest absolute Gasteiger partial charge is 0.454 e. The Kier molecular flexibility index (Phi) is 4.05. The average molecular weight is 378 g/mol. The fourth-order valence-corrected chi connectivity index (χ4v) is 4.72. The predicted octanol–water partition coefficient (Wildman–Crippen LogP) is 4.40. The summed E-state index contributed by atoms with van der Waals surface area (Å²) < 4.78 is 11.9. The van der Waals surface area contributed by atoms with Gasteiger partial charge in [0.15, 0.2) is 11.5 Å². The third-order valence-corrected chi connectivity index (χ3v) is 6.08. The molecule has 0 unspecified atom stereocenters. The zero-order valence-electron chi connectivity index (χ0n) is 14.6. The van der Waals surface area contributed by atoms with Gasteiger partial charge in [0, 0.05) is 12.6 Å². The van der Waals surface area contributed by atoms with Gasteiger partial charge in [0.1, 0.15) is 5.01 Å². The summed E-state index contributed by atoms with van der Waals surface area (Å²) in [7, 11) is 0. The number of thiazole rings is 1. The fraction of sp³-hybridized carbons (Fsp3) is 0.238. The molecule has 6 heteroatoms. The van der Waals surface area contributed by atoms with Gasteiger partial charge in [-0.05, 0) is 48.7 Å². The molecule has 2 aliphatic heterocycles. The Morgan fingerprint density at radius 2 is 2.07 bits per heavy atom. The van der Waals surface area contributed by atoms with E-state index >= 15 is 0 Å². The van der Waals surface area contributed by atoms with Crippen LogP contribution in [-0.4, -0.2) is 29.1 Å². The zero-order valence-corrected chi connectivity index (χ0v) is 15.4. The normalized spacial score (nSPS) is 18.7. The third-order valence-electron chi connectivity index (χ3n) is 4.95. The Labute approximate surface area is 160 Å². The van der Waals surface area contributed by atoms with E-state index in [4.69, 9.17) is 14.5 Å². The smallest absolute Gasteiger partial charge is 0.247 e. The average Bonchev–Trinajstić information content (AvgIpc) is 3.43. The topological polar surface area (TPSA) is 51.7 Å². The molecule has 2 aromatic carbocycles. The van der Waals surface area contributed by atoms with Gasteiger partial charge < -0.3 is 14.4 Å². The molecule has 0 bridgehead atoms. The molecule has 0 spiro atoms. The highest BCUT2D eigenvalue weighted by Crippen LogP contribution is 2.37. The minimum Gasteiger partial charge on any atom is -0.454 e. The van der Waals surface area contributed by atoms with Crippen LogP contribution in [0.15, 0.2) is 48.5 Å². The number of aromatic nitrogens is 1. The van der Waals surface area contributed by atoms with Crippen molar-refractivity contribution in [3.8, 4) is 11.5 Å². The molecule has 0 N–H and O–H groups in total. The van der Waals surface area contributed by atoms with Gasteiger partial charge in [-0.15, -0.1) is 11.3 Å². The number of rotatable bonds is 3. The molecule has 27 heavy (non-hydrogen) atoms. The summed E-state index contributed by atoms with van der Waals surface area (Å²) in [5.74, 6) is 1.49. The lowest BCUT2D eigenvalue weighted by molar-refractivity contribution is -0.126. The van der Waals surface area contributed by atoms with E-state index in [0.29, 0.717) is 0 Å². The number of benzene rings is 2. The summed E-state index contributed by atoms with van der Waals surface area (Å²) in [6.45, 7) is 1.02. The van der Waals surface area contributed by atoms with Crippen molar-refractivity contribution in [3.63, 3.8) is 0 Å². The molecule has 136 valence electrons. The van der Waals surface area contributed by atoms with Crippen molar-refractivity contribution in [1.29, 1.82) is 0 Å². The molecule has 1 saturated heterocycles. The Balaban J connectivity index is 1.35. The first-order valence-electron chi connectivity index (χ1n) is 9.02. The number of likely N-dealkylation sites (tertiary alicyclic amines) is 1. The van der Waals surface area contributed by atoms with Crippen LogP contribution >= 0.6 is 11.3 Å². The van der Waals surface area contributed by atoms with Gasteiger partial charge in [0.25, 0.3) is 0 Å². The maximum absolute atomic E-state index is 12.8. The Bertz CT molecular complexity index is 1010. The third kappa shape index (κ3) is 3.06.